The second kappa shape index (κ2) is 5.97. The average molecular weight is 268 g/mol. The minimum Gasteiger partial charge on any atom is -0.396 e. The summed E-state index contributed by atoms with van der Waals surface area (Å²) in [5.41, 5.74) is 0.294. The summed E-state index contributed by atoms with van der Waals surface area (Å²) >= 11 is 0. The highest BCUT2D eigenvalue weighted by Crippen LogP contribution is 2.35. The third kappa shape index (κ3) is 3.01. The number of nitrogens with zero attached hydrogens (tertiary/aromatic N) is 2. The van der Waals surface area contributed by atoms with E-state index < -0.39 is 10.7 Å². The van der Waals surface area contributed by atoms with Crippen LogP contribution in [0, 0.1) is 15.9 Å². The first-order chi connectivity index (χ1) is 9.13. The van der Waals surface area contributed by atoms with Gasteiger partial charge in [0.25, 0.3) is 5.69 Å². The fourth-order valence-corrected chi connectivity index (χ4v) is 2.66. The van der Waals surface area contributed by atoms with E-state index in [1.54, 1.807) is 0 Å². The molecule has 0 amide bonds. The third-order valence-corrected chi connectivity index (χ3v) is 3.52. The molecule has 1 aliphatic rings. The Morgan fingerprint density at radius 1 is 1.53 bits per heavy atom. The largest absolute Gasteiger partial charge is 0.396 e. The molecule has 1 unspecified atom stereocenters. The summed E-state index contributed by atoms with van der Waals surface area (Å²) in [5.74, 6) is -0.464. The maximum atomic E-state index is 13.4. The lowest BCUT2D eigenvalue weighted by Crippen LogP contribution is -2.30. The van der Waals surface area contributed by atoms with Gasteiger partial charge >= 0.3 is 0 Å². The lowest BCUT2D eigenvalue weighted by molar-refractivity contribution is -0.384. The average Bonchev–Trinajstić information content (AvgIpc) is 2.83. The van der Waals surface area contributed by atoms with Gasteiger partial charge in [0, 0.05) is 31.3 Å². The van der Waals surface area contributed by atoms with Crippen molar-refractivity contribution in [3.8, 4) is 0 Å². The van der Waals surface area contributed by atoms with Crippen LogP contribution in [0.4, 0.5) is 15.8 Å². The number of aliphatic hydroxyl groups excluding tert-OH is 1. The first-order valence-corrected chi connectivity index (χ1v) is 6.45. The zero-order valence-electron chi connectivity index (χ0n) is 10.6. The molecular weight excluding hydrogens is 251 g/mol. The van der Waals surface area contributed by atoms with Crippen molar-refractivity contribution in [2.45, 2.75) is 31.7 Å². The van der Waals surface area contributed by atoms with Crippen molar-refractivity contribution in [1.29, 1.82) is 0 Å². The van der Waals surface area contributed by atoms with Gasteiger partial charge in [-0.05, 0) is 31.7 Å². The Bertz CT molecular complexity index is 467. The lowest BCUT2D eigenvalue weighted by Gasteiger charge is -2.26. The minimum absolute atomic E-state index is 0.0581. The van der Waals surface area contributed by atoms with E-state index in [0.29, 0.717) is 18.7 Å². The summed E-state index contributed by atoms with van der Waals surface area (Å²) in [6.07, 6.45) is 3.28. The van der Waals surface area contributed by atoms with E-state index >= 15 is 0 Å². The Labute approximate surface area is 110 Å². The van der Waals surface area contributed by atoms with E-state index in [1.165, 1.54) is 12.1 Å². The molecule has 1 atom stereocenters. The highest BCUT2D eigenvalue weighted by molar-refractivity contribution is 5.64. The van der Waals surface area contributed by atoms with Crippen LogP contribution < -0.4 is 4.90 Å². The lowest BCUT2D eigenvalue weighted by atomic mass is 10.1. The Kier molecular flexibility index (Phi) is 4.31. The van der Waals surface area contributed by atoms with Crippen LogP contribution in [0.1, 0.15) is 25.7 Å². The number of hydrogen-bond acceptors (Lipinski definition) is 4. The van der Waals surface area contributed by atoms with Gasteiger partial charge in [0.2, 0.25) is 0 Å². The van der Waals surface area contributed by atoms with Crippen molar-refractivity contribution in [2.24, 2.45) is 0 Å². The molecular formula is C13H17FN2O3. The van der Waals surface area contributed by atoms with E-state index in [9.17, 15) is 14.5 Å². The molecule has 2 rings (SSSR count). The molecule has 0 bridgehead atoms. The number of rotatable bonds is 5. The summed E-state index contributed by atoms with van der Waals surface area (Å²) < 4.78 is 13.4. The second-order valence-corrected chi connectivity index (χ2v) is 4.75. The second-order valence-electron chi connectivity index (χ2n) is 4.75. The minimum atomic E-state index is -0.476. The molecule has 19 heavy (non-hydrogen) atoms. The van der Waals surface area contributed by atoms with Crippen molar-refractivity contribution in [3.05, 3.63) is 34.1 Å². The number of nitro groups is 1. The molecule has 0 radical (unpaired) electrons. The van der Waals surface area contributed by atoms with Crippen molar-refractivity contribution >= 4 is 11.4 Å². The van der Waals surface area contributed by atoms with Crippen LogP contribution in [-0.2, 0) is 0 Å². The highest BCUT2D eigenvalue weighted by Gasteiger charge is 2.29. The maximum absolute atomic E-state index is 13.4. The van der Waals surface area contributed by atoms with Crippen molar-refractivity contribution in [2.75, 3.05) is 18.1 Å². The van der Waals surface area contributed by atoms with E-state index in [-0.39, 0.29) is 18.3 Å². The van der Waals surface area contributed by atoms with Gasteiger partial charge in [0.05, 0.1) is 4.92 Å². The van der Waals surface area contributed by atoms with E-state index in [0.717, 1.165) is 25.3 Å². The molecule has 1 N–H and O–H groups in total. The van der Waals surface area contributed by atoms with Crippen LogP contribution in [0.3, 0.4) is 0 Å². The topological polar surface area (TPSA) is 66.6 Å². The number of benzene rings is 1. The molecule has 0 aliphatic carbocycles. The number of nitro benzene ring substituents is 1. The Balaban J connectivity index is 2.28. The number of aliphatic hydroxyl groups is 1. The van der Waals surface area contributed by atoms with Gasteiger partial charge < -0.3 is 10.0 Å². The molecule has 0 aromatic heterocycles. The van der Waals surface area contributed by atoms with E-state index in [4.69, 9.17) is 5.11 Å². The summed E-state index contributed by atoms with van der Waals surface area (Å²) in [5, 5.41) is 19.9. The highest BCUT2D eigenvalue weighted by atomic mass is 19.1. The molecule has 1 aliphatic heterocycles. The number of halogens is 1. The molecule has 1 saturated heterocycles. The zero-order valence-corrected chi connectivity index (χ0v) is 10.6. The zero-order chi connectivity index (χ0) is 13.8. The monoisotopic (exact) mass is 268 g/mol. The smallest absolute Gasteiger partial charge is 0.292 e. The van der Waals surface area contributed by atoms with Crippen LogP contribution in [0.25, 0.3) is 0 Å². The van der Waals surface area contributed by atoms with Crippen LogP contribution in [0.15, 0.2) is 18.2 Å². The van der Waals surface area contributed by atoms with Gasteiger partial charge in [-0.2, -0.15) is 0 Å². The van der Waals surface area contributed by atoms with Gasteiger partial charge in [0.1, 0.15) is 11.5 Å². The molecule has 1 aromatic carbocycles. The van der Waals surface area contributed by atoms with Crippen molar-refractivity contribution < 1.29 is 14.4 Å². The van der Waals surface area contributed by atoms with Crippen molar-refractivity contribution in [1.82, 2.24) is 0 Å². The predicted octanol–water partition coefficient (Wildman–Crippen LogP) is 2.48. The van der Waals surface area contributed by atoms with E-state index in [1.807, 2.05) is 4.90 Å². The molecule has 0 spiro atoms. The van der Waals surface area contributed by atoms with Gasteiger partial charge in [-0.25, -0.2) is 4.39 Å². The predicted molar refractivity (Wildman–Crippen MR) is 69.7 cm³/mol. The summed E-state index contributed by atoms with van der Waals surface area (Å²) in [6, 6.07) is 3.70. The van der Waals surface area contributed by atoms with Crippen molar-refractivity contribution in [3.63, 3.8) is 0 Å². The first-order valence-electron chi connectivity index (χ1n) is 6.45. The first kappa shape index (κ1) is 13.7. The van der Waals surface area contributed by atoms with Crippen LogP contribution in [-0.4, -0.2) is 29.2 Å². The molecule has 1 heterocycles. The van der Waals surface area contributed by atoms with Gasteiger partial charge in [0.15, 0.2) is 0 Å². The van der Waals surface area contributed by atoms with Gasteiger partial charge in [-0.15, -0.1) is 0 Å². The maximum Gasteiger partial charge on any atom is 0.292 e. The van der Waals surface area contributed by atoms with Crippen LogP contribution >= 0.6 is 0 Å². The molecule has 6 heteroatoms. The quantitative estimate of drug-likeness (QED) is 0.658. The number of anilines is 1. The van der Waals surface area contributed by atoms with E-state index in [2.05, 4.69) is 0 Å². The SMILES string of the molecule is O=[N+]([O-])c1ccc(F)cc1N1CCCC1CCCO. The molecule has 1 fully saturated rings. The Morgan fingerprint density at radius 2 is 2.32 bits per heavy atom. The molecule has 104 valence electrons. The summed E-state index contributed by atoms with van der Waals surface area (Å²) in [7, 11) is 0. The summed E-state index contributed by atoms with van der Waals surface area (Å²) in [6.45, 7) is 0.802. The molecule has 5 nitrogen and oxygen atoms in total. The molecule has 0 saturated carbocycles. The van der Waals surface area contributed by atoms with Gasteiger partial charge in [-0.1, -0.05) is 0 Å². The normalized spacial score (nSPS) is 18.8. The van der Waals surface area contributed by atoms with Gasteiger partial charge in [-0.3, -0.25) is 10.1 Å². The fourth-order valence-electron chi connectivity index (χ4n) is 2.66. The van der Waals surface area contributed by atoms with Crippen LogP contribution in [0.2, 0.25) is 0 Å². The molecule has 1 aromatic rings. The fraction of sp³-hybridized carbons (Fsp3) is 0.538. The number of hydrogen-bond donors (Lipinski definition) is 1. The third-order valence-electron chi connectivity index (χ3n) is 3.52. The Morgan fingerprint density at radius 3 is 3.00 bits per heavy atom. The Hall–Kier alpha value is -1.69. The van der Waals surface area contributed by atoms with Crippen LogP contribution in [0.5, 0.6) is 0 Å². The summed E-state index contributed by atoms with van der Waals surface area (Å²) in [4.78, 5) is 12.5. The standard InChI is InChI=1S/C13H17FN2O3/c14-10-5-6-12(16(18)19)13(9-10)15-7-1-3-11(15)4-2-8-17/h5-6,9,11,17H,1-4,7-8H2.